The van der Waals surface area contributed by atoms with Gasteiger partial charge in [0.25, 0.3) is 0 Å². The summed E-state index contributed by atoms with van der Waals surface area (Å²) in [6.07, 6.45) is 5.35. The molecule has 0 atom stereocenters. The fourth-order valence-corrected chi connectivity index (χ4v) is 1.15. The summed E-state index contributed by atoms with van der Waals surface area (Å²) in [5.41, 5.74) is 0.868. The van der Waals surface area contributed by atoms with Gasteiger partial charge in [0, 0.05) is 12.1 Å². The fourth-order valence-electron chi connectivity index (χ4n) is 1.15. The number of hydrogen-bond donors (Lipinski definition) is 0. The minimum atomic E-state index is -0.237. The number of hydrogen-bond acceptors (Lipinski definition) is 1. The highest BCUT2D eigenvalue weighted by Gasteiger charge is 1.93. The normalized spacial score (nSPS) is 10.7. The van der Waals surface area contributed by atoms with Crippen LogP contribution in [0.3, 0.4) is 0 Å². The van der Waals surface area contributed by atoms with E-state index in [1.165, 1.54) is 12.1 Å². The molecule has 1 aromatic carbocycles. The summed E-state index contributed by atoms with van der Waals surface area (Å²) in [5, 5.41) is 4.18. The van der Waals surface area contributed by atoms with E-state index in [0.29, 0.717) is 0 Å². The molecule has 74 valence electrons. The van der Waals surface area contributed by atoms with Gasteiger partial charge in [-0.3, -0.25) is 0 Å². The molecule has 0 aliphatic rings. The predicted molar refractivity (Wildman–Crippen MR) is 56.0 cm³/mol. The SMILES string of the molecule is Fc1ccc(/C=N/[n+]2ccccc2)cc1. The molecule has 2 aromatic rings. The van der Waals surface area contributed by atoms with Gasteiger partial charge in [0.05, 0.1) is 0 Å². The number of rotatable bonds is 2. The van der Waals surface area contributed by atoms with E-state index in [4.69, 9.17) is 0 Å². The van der Waals surface area contributed by atoms with Crippen LogP contribution in [0.1, 0.15) is 5.56 Å². The summed E-state index contributed by atoms with van der Waals surface area (Å²) >= 11 is 0. The first-order valence-corrected chi connectivity index (χ1v) is 4.61. The summed E-state index contributed by atoms with van der Waals surface area (Å²) in [5.74, 6) is -0.237. The van der Waals surface area contributed by atoms with Crippen molar-refractivity contribution in [2.24, 2.45) is 5.10 Å². The first-order chi connectivity index (χ1) is 7.34. The van der Waals surface area contributed by atoms with Gasteiger partial charge in [0.2, 0.25) is 12.4 Å². The third-order valence-electron chi connectivity index (χ3n) is 1.91. The largest absolute Gasteiger partial charge is 0.207 e. The van der Waals surface area contributed by atoms with Gasteiger partial charge in [0.1, 0.15) is 12.0 Å². The molecule has 0 saturated heterocycles. The Morgan fingerprint density at radius 2 is 1.67 bits per heavy atom. The molecule has 0 N–H and O–H groups in total. The highest BCUT2D eigenvalue weighted by molar-refractivity contribution is 5.78. The monoisotopic (exact) mass is 201 g/mol. The molecule has 2 nitrogen and oxygen atoms in total. The average molecular weight is 201 g/mol. The maximum absolute atomic E-state index is 12.6. The molecule has 0 fully saturated rings. The van der Waals surface area contributed by atoms with Crippen molar-refractivity contribution in [3.63, 3.8) is 0 Å². The van der Waals surface area contributed by atoms with Crippen LogP contribution in [-0.2, 0) is 0 Å². The molecule has 2 rings (SSSR count). The van der Waals surface area contributed by atoms with Crippen molar-refractivity contribution in [3.05, 3.63) is 66.2 Å². The molecule has 0 aliphatic carbocycles. The number of nitrogens with zero attached hydrogens (tertiary/aromatic N) is 2. The third kappa shape index (κ3) is 2.71. The van der Waals surface area contributed by atoms with E-state index in [1.54, 1.807) is 23.0 Å². The van der Waals surface area contributed by atoms with Crippen LogP contribution in [0.2, 0.25) is 0 Å². The molecule has 0 amide bonds. The van der Waals surface area contributed by atoms with E-state index in [0.717, 1.165) is 5.56 Å². The van der Waals surface area contributed by atoms with Gasteiger partial charge in [0.15, 0.2) is 0 Å². The lowest BCUT2D eigenvalue weighted by atomic mass is 10.2. The lowest BCUT2D eigenvalue weighted by Gasteiger charge is -1.89. The molecule has 0 bridgehead atoms. The van der Waals surface area contributed by atoms with Crippen molar-refractivity contribution in [1.29, 1.82) is 0 Å². The standard InChI is InChI=1S/C12H10FN2/c13-12-6-4-11(5-7-12)10-14-15-8-2-1-3-9-15/h1-10H/q+1/b14-10+. The first-order valence-electron chi connectivity index (χ1n) is 4.61. The Labute approximate surface area is 87.3 Å². The zero-order valence-corrected chi connectivity index (χ0v) is 8.05. The van der Waals surface area contributed by atoms with Crippen molar-refractivity contribution in [3.8, 4) is 0 Å². The molecular formula is C12H10FN2+. The summed E-state index contributed by atoms with van der Waals surface area (Å²) in [6, 6.07) is 11.9. The summed E-state index contributed by atoms with van der Waals surface area (Å²) in [6.45, 7) is 0. The molecule has 3 heteroatoms. The van der Waals surface area contributed by atoms with Gasteiger partial charge >= 0.3 is 0 Å². The Balaban J connectivity index is 2.15. The second-order valence-corrected chi connectivity index (χ2v) is 3.05. The Kier molecular flexibility index (Phi) is 2.83. The lowest BCUT2D eigenvalue weighted by Crippen LogP contribution is -2.25. The van der Waals surface area contributed by atoms with E-state index in [2.05, 4.69) is 5.10 Å². The number of halogens is 1. The third-order valence-corrected chi connectivity index (χ3v) is 1.91. The molecule has 15 heavy (non-hydrogen) atoms. The summed E-state index contributed by atoms with van der Waals surface area (Å²) < 4.78 is 14.3. The van der Waals surface area contributed by atoms with Crippen molar-refractivity contribution in [2.75, 3.05) is 0 Å². The lowest BCUT2D eigenvalue weighted by molar-refractivity contribution is -0.678. The number of aromatic nitrogens is 1. The van der Waals surface area contributed by atoms with Gasteiger partial charge in [-0.2, -0.15) is 0 Å². The maximum atomic E-state index is 12.6. The minimum absolute atomic E-state index is 0.237. The fraction of sp³-hybridized carbons (Fsp3) is 0. The van der Waals surface area contributed by atoms with E-state index < -0.39 is 0 Å². The van der Waals surface area contributed by atoms with Gasteiger partial charge in [-0.25, -0.2) is 4.39 Å². The van der Waals surface area contributed by atoms with Crippen molar-refractivity contribution in [2.45, 2.75) is 0 Å². The molecular weight excluding hydrogens is 191 g/mol. The highest BCUT2D eigenvalue weighted by Crippen LogP contribution is 1.99. The zero-order valence-electron chi connectivity index (χ0n) is 8.05. The van der Waals surface area contributed by atoms with E-state index in [1.807, 2.05) is 30.6 Å². The Hall–Kier alpha value is -2.03. The average Bonchev–Trinajstić information content (AvgIpc) is 2.30. The van der Waals surface area contributed by atoms with Crippen LogP contribution in [-0.4, -0.2) is 6.21 Å². The van der Waals surface area contributed by atoms with E-state index >= 15 is 0 Å². The van der Waals surface area contributed by atoms with Gasteiger partial charge in [-0.15, -0.1) is 0 Å². The molecule has 1 heterocycles. The Morgan fingerprint density at radius 3 is 2.33 bits per heavy atom. The van der Waals surface area contributed by atoms with Crippen LogP contribution in [0.15, 0.2) is 60.0 Å². The predicted octanol–water partition coefficient (Wildman–Crippen LogP) is 2.00. The second kappa shape index (κ2) is 4.46. The zero-order chi connectivity index (χ0) is 10.5. The molecule has 1 aromatic heterocycles. The summed E-state index contributed by atoms with van der Waals surface area (Å²) in [7, 11) is 0. The molecule has 0 spiro atoms. The van der Waals surface area contributed by atoms with Crippen molar-refractivity contribution in [1.82, 2.24) is 0 Å². The van der Waals surface area contributed by atoms with Crippen LogP contribution in [0.25, 0.3) is 0 Å². The van der Waals surface area contributed by atoms with Crippen molar-refractivity contribution >= 4 is 6.21 Å². The molecule has 0 aliphatic heterocycles. The highest BCUT2D eigenvalue weighted by atomic mass is 19.1. The molecule has 0 unspecified atom stereocenters. The Bertz CT molecular complexity index is 449. The van der Waals surface area contributed by atoms with Crippen LogP contribution in [0.4, 0.5) is 4.39 Å². The van der Waals surface area contributed by atoms with Crippen molar-refractivity contribution < 1.29 is 9.07 Å². The van der Waals surface area contributed by atoms with E-state index in [-0.39, 0.29) is 5.82 Å². The minimum Gasteiger partial charge on any atom is -0.207 e. The summed E-state index contributed by atoms with van der Waals surface area (Å²) in [4.78, 5) is 0. The smallest absolute Gasteiger partial charge is 0.202 e. The van der Waals surface area contributed by atoms with Crippen LogP contribution < -0.4 is 4.68 Å². The number of benzene rings is 1. The van der Waals surface area contributed by atoms with Crippen LogP contribution in [0, 0.1) is 5.82 Å². The Morgan fingerprint density at radius 1 is 1.00 bits per heavy atom. The van der Waals surface area contributed by atoms with E-state index in [9.17, 15) is 4.39 Å². The van der Waals surface area contributed by atoms with Crippen LogP contribution in [0.5, 0.6) is 0 Å². The first kappa shape index (κ1) is 9.52. The van der Waals surface area contributed by atoms with Crippen LogP contribution >= 0.6 is 0 Å². The topological polar surface area (TPSA) is 16.2 Å². The quantitative estimate of drug-likeness (QED) is 0.522. The number of pyridine rings is 1. The molecule has 0 saturated carbocycles. The van der Waals surface area contributed by atoms with Gasteiger partial charge < -0.3 is 0 Å². The van der Waals surface area contributed by atoms with Gasteiger partial charge in [-0.1, -0.05) is 22.9 Å². The molecule has 0 radical (unpaired) electrons. The second-order valence-electron chi connectivity index (χ2n) is 3.05. The maximum Gasteiger partial charge on any atom is 0.202 e. The van der Waals surface area contributed by atoms with Gasteiger partial charge in [-0.05, 0) is 22.8 Å².